The number of carbonyl (C=O) groups excluding carboxylic acids is 1. The van der Waals surface area contributed by atoms with Crippen LogP contribution in [0, 0.1) is 5.92 Å². The van der Waals surface area contributed by atoms with E-state index in [4.69, 9.17) is 16.3 Å². The number of carbonyl (C=O) groups is 1. The van der Waals surface area contributed by atoms with Crippen LogP contribution >= 0.6 is 11.6 Å². The summed E-state index contributed by atoms with van der Waals surface area (Å²) in [5.74, 6) is -0.111. The zero-order valence-corrected chi connectivity index (χ0v) is 18.1. The van der Waals surface area contributed by atoms with E-state index in [1.54, 1.807) is 11.1 Å². The molecule has 0 aliphatic carbocycles. The standard InChI is InChI=1S/C22H29ClFN3O2/c1-22(2,3)29-21(28)27-12-10-15(14-27)19(24)9-5-4-7-16-13-18(23)17-8-6-11-25-20(17)26-16/h6,8,11,13,15,19H,4-5,7,9-10,12,14H2,1-3H3/t15-,19?/m1/s1. The first kappa shape index (κ1) is 21.8. The van der Waals surface area contributed by atoms with Crippen molar-refractivity contribution in [2.45, 2.75) is 64.6 Å². The summed E-state index contributed by atoms with van der Waals surface area (Å²) in [4.78, 5) is 22.5. The molecular weight excluding hydrogens is 393 g/mol. The van der Waals surface area contributed by atoms with Gasteiger partial charge in [0.05, 0.1) is 5.02 Å². The number of fused-ring (bicyclic) bond motifs is 1. The predicted molar refractivity (Wildman–Crippen MR) is 113 cm³/mol. The molecule has 5 nitrogen and oxygen atoms in total. The molecule has 1 fully saturated rings. The third-order valence-electron chi connectivity index (χ3n) is 5.14. The Morgan fingerprint density at radius 1 is 1.41 bits per heavy atom. The SMILES string of the molecule is CC(C)(C)OC(=O)N1CC[C@@H](C(F)CCCCc2cc(Cl)c3cccnc3n2)C1. The Kier molecular flexibility index (Phi) is 6.93. The third-order valence-corrected chi connectivity index (χ3v) is 5.45. The lowest BCUT2D eigenvalue weighted by Crippen LogP contribution is -2.36. The van der Waals surface area contributed by atoms with Crippen molar-refractivity contribution in [1.82, 2.24) is 14.9 Å². The number of likely N-dealkylation sites (tertiary alicyclic amines) is 1. The first-order valence-electron chi connectivity index (χ1n) is 10.2. The fourth-order valence-corrected chi connectivity index (χ4v) is 3.92. The molecule has 2 aromatic heterocycles. The van der Waals surface area contributed by atoms with E-state index in [0.29, 0.717) is 36.6 Å². The van der Waals surface area contributed by atoms with Crippen molar-refractivity contribution in [2.24, 2.45) is 5.92 Å². The van der Waals surface area contributed by atoms with Gasteiger partial charge in [0.2, 0.25) is 0 Å². The molecule has 1 amide bonds. The van der Waals surface area contributed by atoms with E-state index in [2.05, 4.69) is 9.97 Å². The molecule has 2 aromatic rings. The second-order valence-electron chi connectivity index (χ2n) is 8.71. The van der Waals surface area contributed by atoms with Crippen LogP contribution in [0.25, 0.3) is 11.0 Å². The monoisotopic (exact) mass is 421 g/mol. The van der Waals surface area contributed by atoms with Gasteiger partial charge in [0.1, 0.15) is 11.8 Å². The lowest BCUT2D eigenvalue weighted by molar-refractivity contribution is 0.0280. The van der Waals surface area contributed by atoms with Gasteiger partial charge in [-0.3, -0.25) is 0 Å². The van der Waals surface area contributed by atoms with Crippen molar-refractivity contribution >= 4 is 28.7 Å². The second kappa shape index (κ2) is 9.24. The maximum atomic E-state index is 14.7. The van der Waals surface area contributed by atoms with Crippen LogP contribution in [0.5, 0.6) is 0 Å². The van der Waals surface area contributed by atoms with Crippen molar-refractivity contribution < 1.29 is 13.9 Å². The van der Waals surface area contributed by atoms with E-state index < -0.39 is 11.8 Å². The zero-order valence-electron chi connectivity index (χ0n) is 17.3. The van der Waals surface area contributed by atoms with Crippen LogP contribution in [0.2, 0.25) is 5.02 Å². The molecule has 3 rings (SSSR count). The third kappa shape index (κ3) is 6.01. The van der Waals surface area contributed by atoms with Crippen LogP contribution in [0.1, 0.15) is 52.1 Å². The summed E-state index contributed by atoms with van der Waals surface area (Å²) in [7, 11) is 0. The van der Waals surface area contributed by atoms with E-state index in [0.717, 1.165) is 30.3 Å². The van der Waals surface area contributed by atoms with Crippen LogP contribution in [0.15, 0.2) is 24.4 Å². The van der Waals surface area contributed by atoms with Crippen molar-refractivity contribution in [3.8, 4) is 0 Å². The van der Waals surface area contributed by atoms with Gasteiger partial charge < -0.3 is 9.64 Å². The average molecular weight is 422 g/mol. The molecule has 7 heteroatoms. The smallest absolute Gasteiger partial charge is 0.410 e. The molecule has 2 atom stereocenters. The summed E-state index contributed by atoms with van der Waals surface area (Å²) in [6, 6.07) is 5.61. The summed E-state index contributed by atoms with van der Waals surface area (Å²) in [5.41, 5.74) is 1.000. The molecular formula is C22H29ClFN3O2. The molecule has 0 saturated carbocycles. The number of ether oxygens (including phenoxy) is 1. The van der Waals surface area contributed by atoms with Crippen LogP contribution in [-0.2, 0) is 11.2 Å². The van der Waals surface area contributed by atoms with Gasteiger partial charge in [-0.1, -0.05) is 18.0 Å². The lowest BCUT2D eigenvalue weighted by Gasteiger charge is -2.24. The van der Waals surface area contributed by atoms with Gasteiger partial charge in [-0.25, -0.2) is 19.2 Å². The highest BCUT2D eigenvalue weighted by molar-refractivity contribution is 6.35. The number of rotatable bonds is 6. The Labute approximate surface area is 176 Å². The number of nitrogens with zero attached hydrogens (tertiary/aromatic N) is 3. The summed E-state index contributed by atoms with van der Waals surface area (Å²) < 4.78 is 20.0. The Balaban J connectivity index is 1.42. The fraction of sp³-hybridized carbons (Fsp3) is 0.591. The van der Waals surface area contributed by atoms with Crippen molar-refractivity contribution in [3.63, 3.8) is 0 Å². The number of alkyl halides is 1. The Morgan fingerprint density at radius 2 is 2.21 bits per heavy atom. The van der Waals surface area contributed by atoms with Crippen LogP contribution in [0.4, 0.5) is 9.18 Å². The molecule has 1 saturated heterocycles. The minimum absolute atomic E-state index is 0.111. The number of pyridine rings is 2. The highest BCUT2D eigenvalue weighted by atomic mass is 35.5. The van der Waals surface area contributed by atoms with Gasteiger partial charge in [-0.2, -0.15) is 0 Å². The maximum Gasteiger partial charge on any atom is 0.410 e. The van der Waals surface area contributed by atoms with E-state index >= 15 is 0 Å². The van der Waals surface area contributed by atoms with Crippen molar-refractivity contribution in [3.05, 3.63) is 35.1 Å². The second-order valence-corrected chi connectivity index (χ2v) is 9.11. The Hall–Kier alpha value is -1.95. The average Bonchev–Trinajstić information content (AvgIpc) is 3.14. The molecule has 1 unspecified atom stereocenters. The molecule has 29 heavy (non-hydrogen) atoms. The van der Waals surface area contributed by atoms with Crippen molar-refractivity contribution in [1.29, 1.82) is 0 Å². The number of unbranched alkanes of at least 4 members (excludes halogenated alkanes) is 1. The number of aromatic nitrogens is 2. The zero-order chi connectivity index (χ0) is 21.0. The number of hydrogen-bond acceptors (Lipinski definition) is 4. The number of hydrogen-bond donors (Lipinski definition) is 0. The largest absolute Gasteiger partial charge is 0.444 e. The molecule has 0 N–H and O–H groups in total. The molecule has 0 aromatic carbocycles. The quantitative estimate of drug-likeness (QED) is 0.570. The van der Waals surface area contributed by atoms with Crippen LogP contribution < -0.4 is 0 Å². The van der Waals surface area contributed by atoms with Crippen molar-refractivity contribution in [2.75, 3.05) is 13.1 Å². The normalized spacial score (nSPS) is 18.2. The topological polar surface area (TPSA) is 55.3 Å². The maximum absolute atomic E-state index is 14.7. The Morgan fingerprint density at radius 3 is 2.97 bits per heavy atom. The van der Waals surface area contributed by atoms with Gasteiger partial charge in [0, 0.05) is 36.3 Å². The minimum atomic E-state index is -0.905. The summed E-state index contributed by atoms with van der Waals surface area (Å²) in [5, 5.41) is 1.49. The predicted octanol–water partition coefficient (Wildman–Crippen LogP) is 5.59. The van der Waals surface area contributed by atoms with E-state index in [9.17, 15) is 9.18 Å². The van der Waals surface area contributed by atoms with E-state index in [1.807, 2.05) is 39.0 Å². The molecule has 3 heterocycles. The van der Waals surface area contributed by atoms with Gasteiger partial charge in [-0.15, -0.1) is 0 Å². The minimum Gasteiger partial charge on any atom is -0.444 e. The highest BCUT2D eigenvalue weighted by Crippen LogP contribution is 2.27. The lowest BCUT2D eigenvalue weighted by atomic mass is 9.97. The fourth-order valence-electron chi connectivity index (χ4n) is 3.65. The van der Waals surface area contributed by atoms with Crippen LogP contribution in [0.3, 0.4) is 0 Å². The molecule has 158 valence electrons. The number of halogens is 2. The summed E-state index contributed by atoms with van der Waals surface area (Å²) >= 11 is 6.31. The Bertz CT molecular complexity index is 856. The van der Waals surface area contributed by atoms with Gasteiger partial charge in [0.25, 0.3) is 0 Å². The first-order valence-corrected chi connectivity index (χ1v) is 10.6. The van der Waals surface area contributed by atoms with Gasteiger partial charge in [0.15, 0.2) is 5.65 Å². The summed E-state index contributed by atoms with van der Waals surface area (Å²) in [6.45, 7) is 6.51. The van der Waals surface area contributed by atoms with Gasteiger partial charge >= 0.3 is 6.09 Å². The molecule has 1 aliphatic rings. The molecule has 0 spiro atoms. The summed E-state index contributed by atoms with van der Waals surface area (Å²) in [6.07, 6.45) is 3.98. The molecule has 1 aliphatic heterocycles. The van der Waals surface area contributed by atoms with Gasteiger partial charge in [-0.05, 0) is 64.7 Å². The number of amides is 1. The molecule has 0 radical (unpaired) electrons. The first-order chi connectivity index (χ1) is 13.7. The highest BCUT2D eigenvalue weighted by Gasteiger charge is 2.33. The van der Waals surface area contributed by atoms with Crippen LogP contribution in [-0.4, -0.2) is 45.8 Å². The molecule has 0 bridgehead atoms. The number of aryl methyl sites for hydroxylation is 1. The van der Waals surface area contributed by atoms with E-state index in [-0.39, 0.29) is 12.0 Å². The van der Waals surface area contributed by atoms with E-state index in [1.165, 1.54) is 0 Å².